The van der Waals surface area contributed by atoms with E-state index in [2.05, 4.69) is 10.6 Å². The van der Waals surface area contributed by atoms with E-state index in [4.69, 9.17) is 4.42 Å². The molecule has 1 saturated carbocycles. The Morgan fingerprint density at radius 1 is 1.20 bits per heavy atom. The Bertz CT molecular complexity index is 712. The number of furan rings is 1. The van der Waals surface area contributed by atoms with Crippen LogP contribution >= 0.6 is 0 Å². The summed E-state index contributed by atoms with van der Waals surface area (Å²) in [4.78, 5) is 25.9. The molecule has 2 aromatic rings. The second-order valence-electron chi connectivity index (χ2n) is 6.07. The van der Waals surface area contributed by atoms with Gasteiger partial charge < -0.3 is 9.73 Å². The molecule has 1 aromatic heterocycles. The first kappa shape index (κ1) is 17.2. The van der Waals surface area contributed by atoms with Gasteiger partial charge >= 0.3 is 6.03 Å². The van der Waals surface area contributed by atoms with Crippen molar-refractivity contribution < 1.29 is 18.4 Å². The van der Waals surface area contributed by atoms with Gasteiger partial charge in [0.15, 0.2) is 0 Å². The highest BCUT2D eigenvalue weighted by molar-refractivity contribution is 5.95. The third-order valence-corrected chi connectivity index (χ3v) is 3.97. The third kappa shape index (κ3) is 5.42. The van der Waals surface area contributed by atoms with E-state index in [1.54, 1.807) is 24.3 Å². The van der Waals surface area contributed by atoms with Crippen molar-refractivity contribution >= 4 is 11.9 Å². The molecule has 1 heterocycles. The summed E-state index contributed by atoms with van der Waals surface area (Å²) >= 11 is 0. The quantitative estimate of drug-likeness (QED) is 0.808. The normalized spacial score (nSPS) is 13.7. The molecule has 0 saturated heterocycles. The number of nitrogens with one attached hydrogen (secondary N) is 2. The Morgan fingerprint density at radius 3 is 2.60 bits per heavy atom. The van der Waals surface area contributed by atoms with Gasteiger partial charge in [-0.25, -0.2) is 9.18 Å². The van der Waals surface area contributed by atoms with Crippen LogP contribution in [-0.4, -0.2) is 29.4 Å². The minimum atomic E-state index is -0.557. The fraction of sp³-hybridized carbons (Fsp3) is 0.333. The number of benzene rings is 1. The van der Waals surface area contributed by atoms with E-state index in [1.165, 1.54) is 18.4 Å². The van der Waals surface area contributed by atoms with Gasteiger partial charge in [0.2, 0.25) is 5.91 Å². The summed E-state index contributed by atoms with van der Waals surface area (Å²) in [5.41, 5.74) is 0.934. The topological polar surface area (TPSA) is 74.6 Å². The van der Waals surface area contributed by atoms with Gasteiger partial charge in [-0.05, 0) is 42.7 Å². The van der Waals surface area contributed by atoms with Crippen molar-refractivity contribution in [2.75, 3.05) is 6.54 Å². The molecule has 6 nitrogen and oxygen atoms in total. The molecule has 2 N–H and O–H groups in total. The monoisotopic (exact) mass is 345 g/mol. The van der Waals surface area contributed by atoms with Gasteiger partial charge in [0.05, 0.1) is 19.4 Å². The van der Waals surface area contributed by atoms with E-state index in [1.807, 2.05) is 4.90 Å². The first-order chi connectivity index (χ1) is 12.1. The number of nitrogens with zero attached hydrogens (tertiary/aromatic N) is 1. The summed E-state index contributed by atoms with van der Waals surface area (Å²) < 4.78 is 18.1. The molecule has 0 spiro atoms. The first-order valence-electron chi connectivity index (χ1n) is 8.19. The highest BCUT2D eigenvalue weighted by Crippen LogP contribution is 2.28. The molecule has 1 fully saturated rings. The smallest absolute Gasteiger partial charge is 0.321 e. The van der Waals surface area contributed by atoms with Crippen molar-refractivity contribution in [2.24, 2.45) is 0 Å². The number of hydrogen-bond acceptors (Lipinski definition) is 4. The van der Waals surface area contributed by atoms with Crippen molar-refractivity contribution in [1.82, 2.24) is 15.5 Å². The van der Waals surface area contributed by atoms with Crippen LogP contribution in [-0.2, 0) is 17.9 Å². The maximum Gasteiger partial charge on any atom is 0.321 e. The van der Waals surface area contributed by atoms with Gasteiger partial charge in [0.1, 0.15) is 11.6 Å². The molecule has 25 heavy (non-hydrogen) atoms. The Balaban J connectivity index is 1.47. The molecule has 3 amide bonds. The van der Waals surface area contributed by atoms with Gasteiger partial charge in [-0.15, -0.1) is 0 Å². The number of carbonyl (C=O) groups is 2. The number of hydrogen-bond donors (Lipinski definition) is 2. The van der Waals surface area contributed by atoms with Crippen LogP contribution in [0, 0.1) is 5.82 Å². The van der Waals surface area contributed by atoms with Crippen LogP contribution in [0.2, 0.25) is 0 Å². The number of halogens is 1. The van der Waals surface area contributed by atoms with Crippen molar-refractivity contribution in [1.29, 1.82) is 0 Å². The summed E-state index contributed by atoms with van der Waals surface area (Å²) in [6, 6.07) is 9.46. The summed E-state index contributed by atoms with van der Waals surface area (Å²) in [5, 5.41) is 4.88. The van der Waals surface area contributed by atoms with Gasteiger partial charge in [-0.2, -0.15) is 0 Å². The van der Waals surface area contributed by atoms with Crippen molar-refractivity contribution in [3.63, 3.8) is 0 Å². The van der Waals surface area contributed by atoms with E-state index in [0.29, 0.717) is 18.3 Å². The Morgan fingerprint density at radius 2 is 1.96 bits per heavy atom. The maximum atomic E-state index is 13.0. The van der Waals surface area contributed by atoms with Gasteiger partial charge in [-0.3, -0.25) is 15.0 Å². The number of urea groups is 1. The standard InChI is InChI=1S/C18H20FN3O3/c19-14-5-3-13(4-6-14)11-22(15-7-8-15)12-17(23)21-18(24)20-10-16-2-1-9-25-16/h1-6,9,15H,7-8,10-12H2,(H2,20,21,23,24). The molecule has 0 atom stereocenters. The molecule has 132 valence electrons. The zero-order valence-electron chi connectivity index (χ0n) is 13.7. The van der Waals surface area contributed by atoms with Gasteiger partial charge in [-0.1, -0.05) is 12.1 Å². The predicted molar refractivity (Wildman–Crippen MR) is 88.9 cm³/mol. The van der Waals surface area contributed by atoms with Crippen LogP contribution in [0.25, 0.3) is 0 Å². The van der Waals surface area contributed by atoms with Crippen molar-refractivity contribution in [3.8, 4) is 0 Å². The molecule has 1 aliphatic carbocycles. The van der Waals surface area contributed by atoms with Crippen LogP contribution < -0.4 is 10.6 Å². The number of rotatable bonds is 7. The second kappa shape index (κ2) is 7.94. The maximum absolute atomic E-state index is 13.0. The van der Waals surface area contributed by atoms with Crippen LogP contribution in [0.15, 0.2) is 47.1 Å². The molecule has 7 heteroatoms. The zero-order chi connectivity index (χ0) is 17.6. The van der Waals surface area contributed by atoms with Crippen LogP contribution in [0.3, 0.4) is 0 Å². The fourth-order valence-electron chi connectivity index (χ4n) is 2.55. The number of amides is 3. The van der Waals surface area contributed by atoms with Gasteiger partial charge in [0, 0.05) is 12.6 Å². The molecule has 0 unspecified atom stereocenters. The lowest BCUT2D eigenvalue weighted by Crippen LogP contribution is -2.44. The number of imide groups is 1. The highest BCUT2D eigenvalue weighted by atomic mass is 19.1. The Hall–Kier alpha value is -2.67. The third-order valence-electron chi connectivity index (χ3n) is 3.97. The summed E-state index contributed by atoms with van der Waals surface area (Å²) in [6.45, 7) is 0.886. The van der Waals surface area contributed by atoms with E-state index < -0.39 is 6.03 Å². The SMILES string of the molecule is O=C(CN(Cc1ccc(F)cc1)C1CC1)NC(=O)NCc1ccco1. The lowest BCUT2D eigenvalue weighted by atomic mass is 10.2. The molecule has 0 bridgehead atoms. The lowest BCUT2D eigenvalue weighted by molar-refractivity contribution is -0.121. The molecule has 3 rings (SSSR count). The highest BCUT2D eigenvalue weighted by Gasteiger charge is 2.30. The average Bonchev–Trinajstić information content (AvgIpc) is 3.30. The van der Waals surface area contributed by atoms with Crippen LogP contribution in [0.1, 0.15) is 24.2 Å². The van der Waals surface area contributed by atoms with E-state index in [9.17, 15) is 14.0 Å². The van der Waals surface area contributed by atoms with Crippen molar-refractivity contribution in [3.05, 3.63) is 59.8 Å². The fourth-order valence-corrected chi connectivity index (χ4v) is 2.55. The molecular weight excluding hydrogens is 325 g/mol. The van der Waals surface area contributed by atoms with Crippen LogP contribution in [0.4, 0.5) is 9.18 Å². The average molecular weight is 345 g/mol. The van der Waals surface area contributed by atoms with E-state index in [0.717, 1.165) is 18.4 Å². The first-order valence-corrected chi connectivity index (χ1v) is 8.19. The largest absolute Gasteiger partial charge is 0.467 e. The van der Waals surface area contributed by atoms with E-state index >= 15 is 0 Å². The molecule has 0 aliphatic heterocycles. The zero-order valence-corrected chi connectivity index (χ0v) is 13.7. The Labute approximate surface area is 145 Å². The lowest BCUT2D eigenvalue weighted by Gasteiger charge is -2.21. The second-order valence-corrected chi connectivity index (χ2v) is 6.07. The minimum absolute atomic E-state index is 0.121. The Kier molecular flexibility index (Phi) is 5.45. The molecular formula is C18H20FN3O3. The van der Waals surface area contributed by atoms with Crippen LogP contribution in [0.5, 0.6) is 0 Å². The molecule has 0 radical (unpaired) electrons. The van der Waals surface area contributed by atoms with Gasteiger partial charge in [0.25, 0.3) is 0 Å². The summed E-state index contributed by atoms with van der Waals surface area (Å²) in [7, 11) is 0. The van der Waals surface area contributed by atoms with Crippen molar-refractivity contribution in [2.45, 2.75) is 32.0 Å². The summed E-state index contributed by atoms with van der Waals surface area (Å²) in [6.07, 6.45) is 3.57. The number of carbonyl (C=O) groups excluding carboxylic acids is 2. The molecule has 1 aromatic carbocycles. The van der Waals surface area contributed by atoms with E-state index in [-0.39, 0.29) is 24.8 Å². The minimum Gasteiger partial charge on any atom is -0.467 e. The summed E-state index contributed by atoms with van der Waals surface area (Å²) in [5.74, 6) is -0.0443. The predicted octanol–water partition coefficient (Wildman–Crippen LogP) is 2.41. The molecule has 1 aliphatic rings.